The van der Waals surface area contributed by atoms with Crippen LogP contribution in [0.2, 0.25) is 10.0 Å². The van der Waals surface area contributed by atoms with E-state index in [2.05, 4.69) is 10.3 Å². The summed E-state index contributed by atoms with van der Waals surface area (Å²) in [7, 11) is 0. The zero-order valence-corrected chi connectivity index (χ0v) is 12.7. The van der Waals surface area contributed by atoms with Crippen LogP contribution < -0.4 is 5.32 Å². The van der Waals surface area contributed by atoms with E-state index in [1.165, 1.54) is 0 Å². The highest BCUT2D eigenvalue weighted by Crippen LogP contribution is 2.25. The molecule has 0 saturated heterocycles. The van der Waals surface area contributed by atoms with Gasteiger partial charge < -0.3 is 10.2 Å². The maximum absolute atomic E-state index is 12.3. The van der Waals surface area contributed by atoms with E-state index >= 15 is 0 Å². The van der Waals surface area contributed by atoms with Crippen molar-refractivity contribution < 1.29 is 4.79 Å². The lowest BCUT2D eigenvalue weighted by Gasteiger charge is -2.28. The Kier molecular flexibility index (Phi) is 3.99. The predicted octanol–water partition coefficient (Wildman–Crippen LogP) is 3.98. The van der Waals surface area contributed by atoms with Crippen molar-refractivity contribution in [3.63, 3.8) is 0 Å². The van der Waals surface area contributed by atoms with Gasteiger partial charge in [0.2, 0.25) is 0 Å². The van der Waals surface area contributed by atoms with Crippen molar-refractivity contribution in [2.75, 3.05) is 11.9 Å². The molecule has 3 rings (SSSR count). The number of amides is 2. The third kappa shape index (κ3) is 3.12. The fourth-order valence-corrected chi connectivity index (χ4v) is 2.61. The first-order chi connectivity index (χ1) is 10.1. The van der Waals surface area contributed by atoms with Gasteiger partial charge in [0.1, 0.15) is 0 Å². The lowest BCUT2D eigenvalue weighted by atomic mass is 10.1. The monoisotopic (exact) mass is 321 g/mol. The van der Waals surface area contributed by atoms with Gasteiger partial charge in [0.25, 0.3) is 0 Å². The van der Waals surface area contributed by atoms with Crippen LogP contribution in [0.15, 0.2) is 36.5 Å². The largest absolute Gasteiger partial charge is 0.322 e. The van der Waals surface area contributed by atoms with Gasteiger partial charge >= 0.3 is 6.03 Å². The summed E-state index contributed by atoms with van der Waals surface area (Å²) in [5.41, 5.74) is 2.79. The molecular weight excluding hydrogens is 309 g/mol. The van der Waals surface area contributed by atoms with Gasteiger partial charge in [-0.15, -0.1) is 0 Å². The normalized spacial score (nSPS) is 13.7. The lowest BCUT2D eigenvalue weighted by Crippen LogP contribution is -2.39. The number of carbonyl (C=O) groups is 1. The molecule has 1 N–H and O–H groups in total. The molecule has 1 aliphatic rings. The minimum absolute atomic E-state index is 0.150. The number of fused-ring (bicyclic) bond motifs is 1. The average molecular weight is 322 g/mol. The number of urea groups is 1. The molecule has 0 bridgehead atoms. The fourth-order valence-electron chi connectivity index (χ4n) is 2.32. The Morgan fingerprint density at radius 3 is 2.90 bits per heavy atom. The minimum atomic E-state index is -0.150. The molecule has 4 nitrogen and oxygen atoms in total. The van der Waals surface area contributed by atoms with E-state index in [9.17, 15) is 4.79 Å². The zero-order chi connectivity index (χ0) is 14.8. The summed E-state index contributed by atoms with van der Waals surface area (Å²) >= 11 is 11.8. The number of nitrogens with zero attached hydrogens (tertiary/aromatic N) is 2. The first-order valence-corrected chi connectivity index (χ1v) is 7.33. The third-order valence-electron chi connectivity index (χ3n) is 3.42. The van der Waals surface area contributed by atoms with Gasteiger partial charge in [-0.25, -0.2) is 4.79 Å². The Bertz CT molecular complexity index is 690. The van der Waals surface area contributed by atoms with Crippen LogP contribution in [-0.2, 0) is 13.0 Å². The smallest absolute Gasteiger partial charge is 0.320 e. The highest BCUT2D eigenvalue weighted by molar-refractivity contribution is 6.42. The molecule has 2 amide bonds. The van der Waals surface area contributed by atoms with Gasteiger partial charge in [0, 0.05) is 37.1 Å². The van der Waals surface area contributed by atoms with Crippen LogP contribution in [-0.4, -0.2) is 22.5 Å². The second kappa shape index (κ2) is 5.92. The van der Waals surface area contributed by atoms with Gasteiger partial charge in [0.05, 0.1) is 10.0 Å². The molecule has 1 aromatic carbocycles. The number of hydrogen-bond acceptors (Lipinski definition) is 2. The van der Waals surface area contributed by atoms with Crippen molar-refractivity contribution in [3.8, 4) is 0 Å². The van der Waals surface area contributed by atoms with Gasteiger partial charge in [-0.3, -0.25) is 4.98 Å². The van der Waals surface area contributed by atoms with E-state index in [-0.39, 0.29) is 6.03 Å². The first-order valence-electron chi connectivity index (χ1n) is 6.57. The molecular formula is C15H13Cl2N3O. The van der Waals surface area contributed by atoms with Gasteiger partial charge in [0.15, 0.2) is 0 Å². The standard InChI is InChI=1S/C15H13Cl2N3O/c16-12-4-3-11(8-13(12)17)19-15(21)20-7-5-14-10(9-20)2-1-6-18-14/h1-4,6,8H,5,7,9H2,(H,19,21). The molecule has 0 unspecified atom stereocenters. The number of carbonyl (C=O) groups excluding carboxylic acids is 1. The molecule has 0 spiro atoms. The van der Waals surface area contributed by atoms with Gasteiger partial charge in [-0.2, -0.15) is 0 Å². The average Bonchev–Trinajstić information content (AvgIpc) is 2.50. The van der Waals surface area contributed by atoms with E-state index in [0.717, 1.165) is 17.7 Å². The van der Waals surface area contributed by atoms with Crippen molar-refractivity contribution in [2.45, 2.75) is 13.0 Å². The number of rotatable bonds is 1. The molecule has 6 heteroatoms. The summed E-state index contributed by atoms with van der Waals surface area (Å²) in [5.74, 6) is 0. The molecule has 2 aromatic rings. The highest BCUT2D eigenvalue weighted by Gasteiger charge is 2.21. The number of anilines is 1. The second-order valence-electron chi connectivity index (χ2n) is 4.84. The van der Waals surface area contributed by atoms with Crippen molar-refractivity contribution in [3.05, 3.63) is 57.8 Å². The van der Waals surface area contributed by atoms with E-state index in [4.69, 9.17) is 23.2 Å². The summed E-state index contributed by atoms with van der Waals surface area (Å²) < 4.78 is 0. The van der Waals surface area contributed by atoms with Crippen LogP contribution in [0.4, 0.5) is 10.5 Å². The number of hydrogen-bond donors (Lipinski definition) is 1. The molecule has 21 heavy (non-hydrogen) atoms. The maximum atomic E-state index is 12.3. The van der Waals surface area contributed by atoms with E-state index in [0.29, 0.717) is 28.8 Å². The summed E-state index contributed by atoms with van der Waals surface area (Å²) in [6, 6.07) is 8.77. The van der Waals surface area contributed by atoms with Crippen LogP contribution in [0.1, 0.15) is 11.3 Å². The van der Waals surface area contributed by atoms with E-state index in [1.807, 2.05) is 12.1 Å². The third-order valence-corrected chi connectivity index (χ3v) is 4.16. The van der Waals surface area contributed by atoms with Crippen LogP contribution in [0, 0.1) is 0 Å². The summed E-state index contributed by atoms with van der Waals surface area (Å²) in [4.78, 5) is 18.4. The Hall–Kier alpha value is -1.78. The molecule has 1 aliphatic heterocycles. The summed E-state index contributed by atoms with van der Waals surface area (Å²) in [6.07, 6.45) is 2.55. The molecule has 0 radical (unpaired) electrons. The number of halogens is 2. The van der Waals surface area contributed by atoms with Crippen LogP contribution >= 0.6 is 23.2 Å². The Morgan fingerprint density at radius 2 is 2.10 bits per heavy atom. The Morgan fingerprint density at radius 1 is 1.24 bits per heavy atom. The Labute approximate surface area is 132 Å². The van der Waals surface area contributed by atoms with E-state index < -0.39 is 0 Å². The molecule has 1 aromatic heterocycles. The molecule has 2 heterocycles. The second-order valence-corrected chi connectivity index (χ2v) is 5.65. The van der Waals surface area contributed by atoms with Crippen LogP contribution in [0.3, 0.4) is 0 Å². The first kappa shape index (κ1) is 14.2. The molecule has 0 aliphatic carbocycles. The van der Waals surface area contributed by atoms with Crippen molar-refractivity contribution in [1.29, 1.82) is 0 Å². The molecule has 0 saturated carbocycles. The van der Waals surface area contributed by atoms with Gasteiger partial charge in [-0.05, 0) is 29.8 Å². The van der Waals surface area contributed by atoms with Crippen molar-refractivity contribution >= 4 is 34.9 Å². The SMILES string of the molecule is O=C(Nc1ccc(Cl)c(Cl)c1)N1CCc2ncccc2C1. The van der Waals surface area contributed by atoms with Crippen molar-refractivity contribution in [2.24, 2.45) is 0 Å². The van der Waals surface area contributed by atoms with Gasteiger partial charge in [-0.1, -0.05) is 29.3 Å². The lowest BCUT2D eigenvalue weighted by molar-refractivity contribution is 0.206. The number of nitrogens with one attached hydrogen (secondary N) is 1. The quantitative estimate of drug-likeness (QED) is 0.863. The Balaban J connectivity index is 1.70. The van der Waals surface area contributed by atoms with Crippen LogP contribution in [0.25, 0.3) is 0 Å². The fraction of sp³-hybridized carbons (Fsp3) is 0.200. The highest BCUT2D eigenvalue weighted by atomic mass is 35.5. The molecule has 108 valence electrons. The maximum Gasteiger partial charge on any atom is 0.322 e. The summed E-state index contributed by atoms with van der Waals surface area (Å²) in [6.45, 7) is 1.22. The van der Waals surface area contributed by atoms with E-state index in [1.54, 1.807) is 29.3 Å². The topological polar surface area (TPSA) is 45.2 Å². The number of pyridine rings is 1. The minimum Gasteiger partial charge on any atom is -0.320 e. The number of aromatic nitrogens is 1. The number of benzene rings is 1. The summed E-state index contributed by atoms with van der Waals surface area (Å²) in [5, 5.41) is 3.72. The van der Waals surface area contributed by atoms with Crippen LogP contribution in [0.5, 0.6) is 0 Å². The molecule has 0 atom stereocenters. The predicted molar refractivity (Wildman–Crippen MR) is 83.8 cm³/mol. The zero-order valence-electron chi connectivity index (χ0n) is 11.1. The molecule has 0 fully saturated rings. The van der Waals surface area contributed by atoms with Crippen molar-refractivity contribution in [1.82, 2.24) is 9.88 Å².